The summed E-state index contributed by atoms with van der Waals surface area (Å²) in [6.45, 7) is 8.72. The van der Waals surface area contributed by atoms with Gasteiger partial charge in [-0.2, -0.15) is 0 Å². The van der Waals surface area contributed by atoms with Gasteiger partial charge in [0, 0.05) is 27.7 Å². The van der Waals surface area contributed by atoms with Gasteiger partial charge in [0.25, 0.3) is 0 Å². The van der Waals surface area contributed by atoms with Crippen LogP contribution in [0.5, 0.6) is 0 Å². The second-order valence-electron chi connectivity index (χ2n) is 15.3. The maximum absolute atomic E-state index is 13.8. The standard InChI is InChI=1S/C44H42O7S/c1-41(2,49)38(46)28-13-9-26(10-14-28)24-44(25-27-11-15-29(16-12-27)39(47)42(3,4)50)34-22-30(37(45)36-8-7-21-52-36)17-19-32(34)33-20-18-31(23-35(33)44)40(48)43(5,6)51/h7-23,49-51H,24-25H2,1-6H3. The molecule has 6 rings (SSSR count). The van der Waals surface area contributed by atoms with Gasteiger partial charge in [0.2, 0.25) is 5.78 Å². The van der Waals surface area contributed by atoms with Crippen molar-refractivity contribution in [2.75, 3.05) is 0 Å². The lowest BCUT2D eigenvalue weighted by molar-refractivity contribution is 0.0487. The first kappa shape index (κ1) is 36.9. The van der Waals surface area contributed by atoms with Gasteiger partial charge in [0.15, 0.2) is 17.3 Å². The summed E-state index contributed by atoms with van der Waals surface area (Å²) < 4.78 is 0. The van der Waals surface area contributed by atoms with E-state index in [9.17, 15) is 34.5 Å². The molecule has 4 aromatic carbocycles. The van der Waals surface area contributed by atoms with Crippen molar-refractivity contribution in [1.29, 1.82) is 0 Å². The molecular weight excluding hydrogens is 673 g/mol. The minimum absolute atomic E-state index is 0.107. The van der Waals surface area contributed by atoms with E-state index in [4.69, 9.17) is 0 Å². The van der Waals surface area contributed by atoms with Crippen LogP contribution in [0.3, 0.4) is 0 Å². The molecule has 0 atom stereocenters. The van der Waals surface area contributed by atoms with Crippen LogP contribution in [0.2, 0.25) is 0 Å². The molecule has 0 saturated heterocycles. The smallest absolute Gasteiger partial charge is 0.202 e. The summed E-state index contributed by atoms with van der Waals surface area (Å²) in [4.78, 5) is 53.7. The summed E-state index contributed by atoms with van der Waals surface area (Å²) in [5, 5.41) is 33.3. The number of hydrogen-bond acceptors (Lipinski definition) is 8. The normalized spacial score (nSPS) is 13.7. The lowest BCUT2D eigenvalue weighted by Gasteiger charge is -2.34. The van der Waals surface area contributed by atoms with Gasteiger partial charge >= 0.3 is 0 Å². The van der Waals surface area contributed by atoms with E-state index in [-0.39, 0.29) is 5.78 Å². The van der Waals surface area contributed by atoms with Gasteiger partial charge in [-0.15, -0.1) is 11.3 Å². The van der Waals surface area contributed by atoms with E-state index in [1.807, 2.05) is 66.0 Å². The summed E-state index contributed by atoms with van der Waals surface area (Å²) in [7, 11) is 0. The summed E-state index contributed by atoms with van der Waals surface area (Å²) in [6.07, 6.45) is 0.788. The minimum atomic E-state index is -1.62. The molecule has 0 saturated carbocycles. The summed E-state index contributed by atoms with van der Waals surface area (Å²) >= 11 is 1.37. The first-order valence-electron chi connectivity index (χ1n) is 17.2. The summed E-state index contributed by atoms with van der Waals surface area (Å²) in [5.74, 6) is -1.35. The van der Waals surface area contributed by atoms with Crippen molar-refractivity contribution in [3.05, 3.63) is 152 Å². The molecule has 266 valence electrons. The van der Waals surface area contributed by atoms with Crippen LogP contribution >= 0.6 is 11.3 Å². The molecule has 3 N–H and O–H groups in total. The number of fused-ring (bicyclic) bond motifs is 3. The van der Waals surface area contributed by atoms with Crippen LogP contribution in [0.25, 0.3) is 11.1 Å². The second-order valence-corrected chi connectivity index (χ2v) is 16.3. The van der Waals surface area contributed by atoms with Gasteiger partial charge in [0.1, 0.15) is 16.8 Å². The third kappa shape index (κ3) is 6.99. The van der Waals surface area contributed by atoms with Crippen molar-refractivity contribution < 1.29 is 34.5 Å². The minimum Gasteiger partial charge on any atom is -0.382 e. The number of thiophene rings is 1. The Kier molecular flexibility index (Phi) is 9.43. The monoisotopic (exact) mass is 714 g/mol. The highest BCUT2D eigenvalue weighted by Crippen LogP contribution is 2.53. The number of rotatable bonds is 12. The van der Waals surface area contributed by atoms with Gasteiger partial charge in [-0.1, -0.05) is 78.9 Å². The number of benzene rings is 4. The van der Waals surface area contributed by atoms with Gasteiger partial charge in [-0.05, 0) is 111 Å². The maximum atomic E-state index is 13.8. The van der Waals surface area contributed by atoms with Crippen molar-refractivity contribution in [2.24, 2.45) is 0 Å². The Balaban J connectivity index is 1.57. The maximum Gasteiger partial charge on any atom is 0.202 e. The van der Waals surface area contributed by atoms with Gasteiger partial charge in [-0.3, -0.25) is 19.2 Å². The molecule has 0 unspecified atom stereocenters. The number of carbonyl (C=O) groups excluding carboxylic acids is 4. The van der Waals surface area contributed by atoms with Crippen LogP contribution in [0.1, 0.15) is 110 Å². The molecule has 0 amide bonds. The average molecular weight is 715 g/mol. The molecular formula is C44H42O7S. The zero-order valence-corrected chi connectivity index (χ0v) is 30.9. The number of aliphatic hydroxyl groups is 3. The van der Waals surface area contributed by atoms with E-state index < -0.39 is 39.6 Å². The van der Waals surface area contributed by atoms with Gasteiger partial charge in [-0.25, -0.2) is 0 Å². The molecule has 1 aliphatic rings. The zero-order valence-electron chi connectivity index (χ0n) is 30.1. The van der Waals surface area contributed by atoms with E-state index in [1.165, 1.54) is 52.9 Å². The van der Waals surface area contributed by atoms with E-state index >= 15 is 0 Å². The molecule has 8 heteroatoms. The molecule has 1 aromatic heterocycles. The fourth-order valence-electron chi connectivity index (χ4n) is 7.08. The molecule has 1 heterocycles. The molecule has 0 spiro atoms. The summed E-state index contributed by atoms with van der Waals surface area (Å²) in [6, 6.07) is 29.0. The van der Waals surface area contributed by atoms with Crippen molar-refractivity contribution in [2.45, 2.75) is 76.6 Å². The number of carbonyl (C=O) groups is 4. The quantitative estimate of drug-likeness (QED) is 0.114. The Morgan fingerprint density at radius 2 is 0.923 bits per heavy atom. The van der Waals surface area contributed by atoms with E-state index in [2.05, 4.69) is 0 Å². The Morgan fingerprint density at radius 1 is 0.538 bits per heavy atom. The highest BCUT2D eigenvalue weighted by Gasteiger charge is 2.45. The summed E-state index contributed by atoms with van der Waals surface area (Å²) in [5.41, 5.74) is 1.28. The van der Waals surface area contributed by atoms with Crippen LogP contribution in [-0.2, 0) is 18.3 Å². The Bertz CT molecular complexity index is 2120. The Labute approximate surface area is 307 Å². The topological polar surface area (TPSA) is 129 Å². The average Bonchev–Trinajstić information content (AvgIpc) is 3.72. The van der Waals surface area contributed by atoms with Gasteiger partial charge < -0.3 is 15.3 Å². The predicted octanol–water partition coefficient (Wildman–Crippen LogP) is 7.59. The molecule has 0 aliphatic heterocycles. The largest absolute Gasteiger partial charge is 0.382 e. The molecule has 7 nitrogen and oxygen atoms in total. The van der Waals surface area contributed by atoms with Crippen LogP contribution < -0.4 is 0 Å². The lowest BCUT2D eigenvalue weighted by Crippen LogP contribution is -2.34. The molecule has 52 heavy (non-hydrogen) atoms. The molecule has 1 aliphatic carbocycles. The van der Waals surface area contributed by atoms with E-state index in [0.29, 0.717) is 40.0 Å². The third-order valence-corrected chi connectivity index (χ3v) is 10.6. The third-order valence-electron chi connectivity index (χ3n) is 9.74. The van der Waals surface area contributed by atoms with E-state index in [0.717, 1.165) is 33.4 Å². The molecule has 0 radical (unpaired) electrons. The molecule has 5 aromatic rings. The second kappa shape index (κ2) is 13.3. The first-order chi connectivity index (χ1) is 24.3. The van der Waals surface area contributed by atoms with Crippen molar-refractivity contribution in [3.63, 3.8) is 0 Å². The van der Waals surface area contributed by atoms with Crippen molar-refractivity contribution in [3.8, 4) is 11.1 Å². The van der Waals surface area contributed by atoms with Crippen molar-refractivity contribution >= 4 is 34.5 Å². The van der Waals surface area contributed by atoms with Crippen LogP contribution in [0.4, 0.5) is 0 Å². The van der Waals surface area contributed by atoms with Crippen LogP contribution in [0, 0.1) is 0 Å². The first-order valence-corrected chi connectivity index (χ1v) is 18.0. The SMILES string of the molecule is CC(C)(O)C(=O)c1ccc(CC2(Cc3ccc(C(=O)C(C)(C)O)cc3)c3cc(C(=O)c4cccs4)ccc3-c3ccc(C(=O)C(C)(C)O)cc32)cc1. The van der Waals surface area contributed by atoms with E-state index in [1.54, 1.807) is 36.4 Å². The Morgan fingerprint density at radius 3 is 1.33 bits per heavy atom. The number of hydrogen-bond donors (Lipinski definition) is 3. The van der Waals surface area contributed by atoms with Crippen molar-refractivity contribution in [1.82, 2.24) is 0 Å². The molecule has 0 bridgehead atoms. The fraction of sp³-hybridized carbons (Fsp3) is 0.273. The molecule has 0 fully saturated rings. The highest BCUT2D eigenvalue weighted by molar-refractivity contribution is 7.12. The van der Waals surface area contributed by atoms with Gasteiger partial charge in [0.05, 0.1) is 4.88 Å². The number of ketones is 4. The van der Waals surface area contributed by atoms with Crippen LogP contribution in [-0.4, -0.2) is 55.3 Å². The van der Waals surface area contributed by atoms with Crippen LogP contribution in [0.15, 0.2) is 102 Å². The highest BCUT2D eigenvalue weighted by atomic mass is 32.1. The Hall–Kier alpha value is -4.86. The number of Topliss-reactive ketones (excluding diaryl/α,β-unsaturated/α-hetero) is 3. The predicted molar refractivity (Wildman–Crippen MR) is 203 cm³/mol. The lowest BCUT2D eigenvalue weighted by atomic mass is 9.68. The fourth-order valence-corrected chi connectivity index (χ4v) is 7.76. The zero-order chi connectivity index (χ0) is 37.8.